The topological polar surface area (TPSA) is 76.9 Å². The Kier molecular flexibility index (Phi) is 7.97. The molecule has 0 N–H and O–H groups in total. The number of aromatic nitrogens is 2. The molecule has 2 aromatic carbocycles. The second-order valence-corrected chi connectivity index (χ2v) is 10.3. The highest BCUT2D eigenvalue weighted by Gasteiger charge is 2.29. The van der Waals surface area contributed by atoms with E-state index < -0.39 is 0 Å². The van der Waals surface area contributed by atoms with E-state index in [1.54, 1.807) is 28.8 Å². The van der Waals surface area contributed by atoms with Crippen molar-refractivity contribution in [1.82, 2.24) is 19.4 Å². The number of hydrogen-bond donors (Lipinski definition) is 0. The summed E-state index contributed by atoms with van der Waals surface area (Å²) >= 11 is 7.37. The maximum atomic E-state index is 13.7. The molecule has 1 aliphatic rings. The van der Waals surface area contributed by atoms with Crippen molar-refractivity contribution in [3.05, 3.63) is 81.2 Å². The second kappa shape index (κ2) is 11.6. The van der Waals surface area contributed by atoms with Crippen molar-refractivity contribution in [3.8, 4) is 17.2 Å². The van der Waals surface area contributed by atoms with Crippen LogP contribution >= 0.6 is 22.9 Å². The zero-order valence-corrected chi connectivity index (χ0v) is 22.9. The Morgan fingerprint density at radius 3 is 2.53 bits per heavy atom. The standard InChI is InChI=1S/C28H29ClN4O4S/c1-3-36-24-7-5-4-6-23(24)33-26(30-27-22(28(33)35)12-17-38-27)19(2)31-13-15-32(16-14-31)25(34)18-37-21-10-8-20(29)9-11-21/h4-12,17,19H,3,13-16,18H2,1-2H3. The van der Waals surface area contributed by atoms with Gasteiger partial charge in [-0.15, -0.1) is 11.3 Å². The van der Waals surface area contributed by atoms with Gasteiger partial charge in [0.15, 0.2) is 6.61 Å². The Hall–Kier alpha value is -3.40. The molecule has 1 saturated heterocycles. The first-order valence-corrected chi connectivity index (χ1v) is 13.8. The molecule has 0 aliphatic carbocycles. The van der Waals surface area contributed by atoms with Crippen LogP contribution in [0.15, 0.2) is 64.8 Å². The largest absolute Gasteiger partial charge is 0.492 e. The van der Waals surface area contributed by atoms with Crippen LogP contribution in [-0.4, -0.2) is 64.7 Å². The Morgan fingerprint density at radius 1 is 1.05 bits per heavy atom. The number of rotatable bonds is 8. The SMILES string of the molecule is CCOc1ccccc1-n1c(C(C)N2CCN(C(=O)COc3ccc(Cl)cc3)CC2)nc2sccc2c1=O. The number of carbonyl (C=O) groups excluding carboxylic acids is 1. The minimum absolute atomic E-state index is 0.0262. The molecule has 1 amide bonds. The fourth-order valence-corrected chi connectivity index (χ4v) is 5.54. The van der Waals surface area contributed by atoms with Gasteiger partial charge in [-0.25, -0.2) is 4.98 Å². The average Bonchev–Trinajstić information content (AvgIpc) is 3.42. The molecule has 1 fully saturated rings. The quantitative estimate of drug-likeness (QED) is 0.313. The van der Waals surface area contributed by atoms with Gasteiger partial charge in [0, 0.05) is 31.2 Å². The van der Waals surface area contributed by atoms with Crippen molar-refractivity contribution in [3.63, 3.8) is 0 Å². The highest BCUT2D eigenvalue weighted by atomic mass is 35.5. The lowest BCUT2D eigenvalue weighted by Gasteiger charge is -2.38. The van der Waals surface area contributed by atoms with E-state index in [2.05, 4.69) is 11.8 Å². The lowest BCUT2D eigenvalue weighted by molar-refractivity contribution is -0.135. The number of ether oxygens (including phenoxy) is 2. The van der Waals surface area contributed by atoms with E-state index in [4.69, 9.17) is 26.1 Å². The molecule has 1 aliphatic heterocycles. The number of carbonyl (C=O) groups is 1. The number of fused-ring (bicyclic) bond motifs is 1. The first kappa shape index (κ1) is 26.2. The Bertz CT molecular complexity index is 1480. The number of amides is 1. The molecule has 2 aromatic heterocycles. The smallest absolute Gasteiger partial charge is 0.267 e. The summed E-state index contributed by atoms with van der Waals surface area (Å²) < 4.78 is 13.2. The summed E-state index contributed by atoms with van der Waals surface area (Å²) in [7, 11) is 0. The van der Waals surface area contributed by atoms with Crippen LogP contribution in [-0.2, 0) is 4.79 Å². The summed E-state index contributed by atoms with van der Waals surface area (Å²) in [5.74, 6) is 1.84. The van der Waals surface area contributed by atoms with Gasteiger partial charge in [0.05, 0.1) is 23.7 Å². The first-order chi connectivity index (χ1) is 18.5. The van der Waals surface area contributed by atoms with Gasteiger partial charge in [-0.3, -0.25) is 19.1 Å². The fourth-order valence-electron chi connectivity index (χ4n) is 4.65. The molecule has 1 unspecified atom stereocenters. The van der Waals surface area contributed by atoms with Gasteiger partial charge >= 0.3 is 0 Å². The third kappa shape index (κ3) is 5.41. The predicted octanol–water partition coefficient (Wildman–Crippen LogP) is 4.78. The van der Waals surface area contributed by atoms with Crippen LogP contribution in [0.4, 0.5) is 0 Å². The number of hydrogen-bond acceptors (Lipinski definition) is 7. The van der Waals surface area contributed by atoms with E-state index in [9.17, 15) is 9.59 Å². The van der Waals surface area contributed by atoms with Crippen molar-refractivity contribution in [1.29, 1.82) is 0 Å². The van der Waals surface area contributed by atoms with Crippen molar-refractivity contribution in [2.24, 2.45) is 0 Å². The van der Waals surface area contributed by atoms with Crippen LogP contribution in [0.25, 0.3) is 15.9 Å². The van der Waals surface area contributed by atoms with Crippen molar-refractivity contribution < 1.29 is 14.3 Å². The van der Waals surface area contributed by atoms with E-state index in [0.29, 0.717) is 66.2 Å². The third-order valence-corrected chi connectivity index (χ3v) is 7.75. The summed E-state index contributed by atoms with van der Waals surface area (Å²) in [6, 6.07) is 16.2. The van der Waals surface area contributed by atoms with E-state index in [1.165, 1.54) is 11.3 Å². The van der Waals surface area contributed by atoms with Crippen LogP contribution < -0.4 is 15.0 Å². The van der Waals surface area contributed by atoms with Crippen LogP contribution in [0.5, 0.6) is 11.5 Å². The minimum atomic E-state index is -0.161. The molecule has 4 aromatic rings. The zero-order valence-electron chi connectivity index (χ0n) is 21.3. The van der Waals surface area contributed by atoms with Crippen LogP contribution in [0.1, 0.15) is 25.7 Å². The monoisotopic (exact) mass is 552 g/mol. The lowest BCUT2D eigenvalue weighted by atomic mass is 10.2. The molecule has 3 heterocycles. The molecule has 0 bridgehead atoms. The molecular formula is C28H29ClN4O4S. The Morgan fingerprint density at radius 2 is 1.79 bits per heavy atom. The highest BCUT2D eigenvalue weighted by molar-refractivity contribution is 7.16. The zero-order chi connectivity index (χ0) is 26.6. The van der Waals surface area contributed by atoms with Gasteiger partial charge in [0.1, 0.15) is 22.2 Å². The van der Waals surface area contributed by atoms with Crippen molar-refractivity contribution in [2.75, 3.05) is 39.4 Å². The molecular weight excluding hydrogens is 524 g/mol. The average molecular weight is 553 g/mol. The second-order valence-electron chi connectivity index (χ2n) is 8.99. The molecule has 8 nitrogen and oxygen atoms in total. The molecule has 5 rings (SSSR count). The molecule has 0 spiro atoms. The predicted molar refractivity (Wildman–Crippen MR) is 150 cm³/mol. The summed E-state index contributed by atoms with van der Waals surface area (Å²) in [4.78, 5) is 36.2. The van der Waals surface area contributed by atoms with Gasteiger partial charge in [-0.05, 0) is 61.7 Å². The van der Waals surface area contributed by atoms with Crippen LogP contribution in [0.2, 0.25) is 5.02 Å². The Balaban J connectivity index is 1.34. The highest BCUT2D eigenvalue weighted by Crippen LogP contribution is 2.29. The van der Waals surface area contributed by atoms with E-state index in [-0.39, 0.29) is 24.1 Å². The van der Waals surface area contributed by atoms with Gasteiger partial charge < -0.3 is 14.4 Å². The maximum Gasteiger partial charge on any atom is 0.267 e. The third-order valence-electron chi connectivity index (χ3n) is 6.69. The molecule has 0 saturated carbocycles. The van der Waals surface area contributed by atoms with Gasteiger partial charge in [0.25, 0.3) is 11.5 Å². The molecule has 0 radical (unpaired) electrons. The number of nitrogens with zero attached hydrogens (tertiary/aromatic N) is 4. The van der Waals surface area contributed by atoms with Gasteiger partial charge in [-0.1, -0.05) is 23.7 Å². The summed E-state index contributed by atoms with van der Waals surface area (Å²) in [6.45, 7) is 6.87. The van der Waals surface area contributed by atoms with E-state index in [0.717, 1.165) is 4.83 Å². The summed E-state index contributed by atoms with van der Waals surface area (Å²) in [5.41, 5.74) is 0.563. The molecule has 38 heavy (non-hydrogen) atoms. The van der Waals surface area contributed by atoms with Gasteiger partial charge in [-0.2, -0.15) is 0 Å². The van der Waals surface area contributed by atoms with Crippen LogP contribution in [0, 0.1) is 0 Å². The molecule has 1 atom stereocenters. The molecule has 198 valence electrons. The van der Waals surface area contributed by atoms with E-state index >= 15 is 0 Å². The number of halogens is 1. The summed E-state index contributed by atoms with van der Waals surface area (Å²) in [5, 5.41) is 3.10. The number of benzene rings is 2. The fraction of sp³-hybridized carbons (Fsp3) is 0.321. The lowest BCUT2D eigenvalue weighted by Crippen LogP contribution is -2.51. The van der Waals surface area contributed by atoms with Crippen molar-refractivity contribution in [2.45, 2.75) is 19.9 Å². The van der Waals surface area contributed by atoms with Crippen LogP contribution in [0.3, 0.4) is 0 Å². The number of piperazine rings is 1. The number of para-hydroxylation sites is 2. The maximum absolute atomic E-state index is 13.7. The first-order valence-electron chi connectivity index (χ1n) is 12.6. The molecule has 10 heteroatoms. The van der Waals surface area contributed by atoms with Gasteiger partial charge in [0.2, 0.25) is 0 Å². The normalized spacial score (nSPS) is 15.0. The number of thiophene rings is 1. The Labute approximate surface area is 230 Å². The summed E-state index contributed by atoms with van der Waals surface area (Å²) in [6.07, 6.45) is 0. The van der Waals surface area contributed by atoms with Crippen molar-refractivity contribution >= 4 is 39.1 Å². The minimum Gasteiger partial charge on any atom is -0.492 e. The van der Waals surface area contributed by atoms with E-state index in [1.807, 2.05) is 47.5 Å².